The number of carboxylic acids is 1. The lowest BCUT2D eigenvalue weighted by Gasteiger charge is -2.10. The summed E-state index contributed by atoms with van der Waals surface area (Å²) in [6.07, 6.45) is 0. The average Bonchev–Trinajstić information content (AvgIpc) is 2.72. The molecule has 0 aliphatic carbocycles. The van der Waals surface area contributed by atoms with E-state index in [2.05, 4.69) is 9.71 Å². The maximum Gasteiger partial charge on any atom is 0.354 e. The third kappa shape index (κ3) is 3.20. The molecular weight excluding hydrogens is 316 g/mol. The van der Waals surface area contributed by atoms with E-state index in [0.29, 0.717) is 11.3 Å². The molecule has 0 amide bonds. The van der Waals surface area contributed by atoms with E-state index in [0.717, 1.165) is 0 Å². The number of carboxylic acid groups (broad SMARTS) is 1. The summed E-state index contributed by atoms with van der Waals surface area (Å²) >= 11 is 5.82. The van der Waals surface area contributed by atoms with Crippen LogP contribution in [0.4, 0.5) is 5.69 Å². The number of sulfonamides is 1. The minimum atomic E-state index is -3.93. The number of anilines is 1. The van der Waals surface area contributed by atoms with E-state index in [1.807, 2.05) is 0 Å². The normalized spacial score (nSPS) is 11.4. The van der Waals surface area contributed by atoms with Gasteiger partial charge in [0.2, 0.25) is 0 Å². The Morgan fingerprint density at radius 1 is 1.29 bits per heavy atom. The van der Waals surface area contributed by atoms with Crippen molar-refractivity contribution in [2.24, 2.45) is 0 Å². The molecule has 0 bridgehead atoms. The van der Waals surface area contributed by atoms with Crippen LogP contribution in [-0.2, 0) is 10.0 Å². The van der Waals surface area contributed by atoms with Crippen molar-refractivity contribution in [1.82, 2.24) is 4.98 Å². The number of aromatic amines is 1. The molecule has 0 fully saturated rings. The number of benzene rings is 1. The van der Waals surface area contributed by atoms with Gasteiger partial charge in [0.05, 0.1) is 10.6 Å². The van der Waals surface area contributed by atoms with Crippen LogP contribution in [0.2, 0.25) is 5.02 Å². The summed E-state index contributed by atoms with van der Waals surface area (Å²) in [5, 5.41) is 9.34. The van der Waals surface area contributed by atoms with E-state index in [-0.39, 0.29) is 21.3 Å². The summed E-state index contributed by atoms with van der Waals surface area (Å²) in [6.45, 7) is 3.26. The summed E-state index contributed by atoms with van der Waals surface area (Å²) in [7, 11) is -3.93. The molecular formula is C13H13ClN2O4S. The highest BCUT2D eigenvalue weighted by Crippen LogP contribution is 2.25. The lowest BCUT2D eigenvalue weighted by atomic mass is 10.2. The fourth-order valence-corrected chi connectivity index (χ4v) is 3.47. The number of aromatic nitrogens is 1. The maximum absolute atomic E-state index is 12.4. The quantitative estimate of drug-likeness (QED) is 0.803. The van der Waals surface area contributed by atoms with Crippen LogP contribution in [-0.4, -0.2) is 24.5 Å². The molecule has 112 valence electrons. The van der Waals surface area contributed by atoms with E-state index in [1.165, 1.54) is 12.1 Å². The van der Waals surface area contributed by atoms with Gasteiger partial charge in [-0.05, 0) is 37.6 Å². The Morgan fingerprint density at radius 2 is 1.95 bits per heavy atom. The van der Waals surface area contributed by atoms with Gasteiger partial charge in [0, 0.05) is 10.7 Å². The minimum Gasteiger partial charge on any atom is -0.477 e. The molecule has 0 saturated carbocycles. The fraction of sp³-hybridized carbons (Fsp3) is 0.154. The predicted octanol–water partition coefficient (Wildman–Crippen LogP) is 2.78. The van der Waals surface area contributed by atoms with Gasteiger partial charge in [0.1, 0.15) is 5.69 Å². The number of H-pyrrole nitrogens is 1. The van der Waals surface area contributed by atoms with Crippen LogP contribution in [0.5, 0.6) is 0 Å². The molecule has 0 atom stereocenters. The Kier molecular flexibility index (Phi) is 3.97. The number of hydrogen-bond donors (Lipinski definition) is 3. The van der Waals surface area contributed by atoms with Crippen LogP contribution in [0.3, 0.4) is 0 Å². The minimum absolute atomic E-state index is 0.00481. The number of halogens is 1. The van der Waals surface area contributed by atoms with E-state index in [9.17, 15) is 13.2 Å². The van der Waals surface area contributed by atoms with Gasteiger partial charge in [-0.15, -0.1) is 0 Å². The number of carbonyl (C=O) groups is 1. The number of nitrogens with one attached hydrogen (secondary N) is 2. The third-order valence-corrected chi connectivity index (χ3v) is 4.59. The van der Waals surface area contributed by atoms with Crippen LogP contribution in [0, 0.1) is 13.8 Å². The zero-order valence-electron chi connectivity index (χ0n) is 11.3. The molecule has 6 nitrogen and oxygen atoms in total. The van der Waals surface area contributed by atoms with Crippen molar-refractivity contribution in [3.05, 3.63) is 46.2 Å². The number of rotatable bonds is 4. The van der Waals surface area contributed by atoms with Gasteiger partial charge in [0.15, 0.2) is 0 Å². The first-order valence-corrected chi connectivity index (χ1v) is 7.78. The molecule has 0 aliphatic rings. The number of aryl methyl sites for hydroxylation is 2. The monoisotopic (exact) mass is 328 g/mol. The van der Waals surface area contributed by atoms with Crippen molar-refractivity contribution in [1.29, 1.82) is 0 Å². The number of hydrogen-bond acceptors (Lipinski definition) is 3. The summed E-state index contributed by atoms with van der Waals surface area (Å²) in [5.41, 5.74) is 0.819. The van der Waals surface area contributed by atoms with Gasteiger partial charge in [-0.1, -0.05) is 17.7 Å². The number of aromatic carboxylic acids is 1. The lowest BCUT2D eigenvalue weighted by molar-refractivity contribution is 0.0692. The smallest absolute Gasteiger partial charge is 0.354 e. The highest BCUT2D eigenvalue weighted by molar-refractivity contribution is 7.92. The van der Waals surface area contributed by atoms with Crippen molar-refractivity contribution in [2.75, 3.05) is 4.72 Å². The van der Waals surface area contributed by atoms with E-state index in [1.54, 1.807) is 26.0 Å². The molecule has 3 N–H and O–H groups in total. The van der Waals surface area contributed by atoms with Crippen LogP contribution >= 0.6 is 11.6 Å². The third-order valence-electron chi connectivity index (χ3n) is 2.85. The van der Waals surface area contributed by atoms with Crippen LogP contribution < -0.4 is 4.72 Å². The molecule has 21 heavy (non-hydrogen) atoms. The zero-order valence-corrected chi connectivity index (χ0v) is 12.8. The Bertz CT molecular complexity index is 812. The largest absolute Gasteiger partial charge is 0.477 e. The highest BCUT2D eigenvalue weighted by Gasteiger charge is 2.22. The lowest BCUT2D eigenvalue weighted by Crippen LogP contribution is -2.16. The molecule has 0 aliphatic heterocycles. The second-order valence-electron chi connectivity index (χ2n) is 4.56. The summed E-state index contributed by atoms with van der Waals surface area (Å²) in [6, 6.07) is 5.90. The van der Waals surface area contributed by atoms with Gasteiger partial charge in [-0.25, -0.2) is 13.2 Å². The van der Waals surface area contributed by atoms with E-state index >= 15 is 0 Å². The first kappa shape index (κ1) is 15.4. The van der Waals surface area contributed by atoms with Gasteiger partial charge >= 0.3 is 5.97 Å². The molecule has 0 unspecified atom stereocenters. The molecule has 2 rings (SSSR count). The Morgan fingerprint density at radius 3 is 2.57 bits per heavy atom. The topological polar surface area (TPSA) is 99.3 Å². The Balaban J connectivity index is 2.47. The second kappa shape index (κ2) is 5.42. The maximum atomic E-state index is 12.4. The van der Waals surface area contributed by atoms with Crippen molar-refractivity contribution < 1.29 is 18.3 Å². The first-order chi connectivity index (χ1) is 9.70. The van der Waals surface area contributed by atoms with Crippen LogP contribution in [0.1, 0.15) is 21.7 Å². The van der Waals surface area contributed by atoms with Gasteiger partial charge in [-0.2, -0.15) is 0 Å². The molecule has 8 heteroatoms. The van der Waals surface area contributed by atoms with E-state index in [4.69, 9.17) is 16.7 Å². The molecule has 0 spiro atoms. The van der Waals surface area contributed by atoms with Crippen LogP contribution in [0.25, 0.3) is 0 Å². The molecule has 1 heterocycles. The molecule has 1 aromatic heterocycles. The summed E-state index contributed by atoms with van der Waals surface area (Å²) in [5.74, 6) is -1.25. The SMILES string of the molecule is Cc1cc(NS(=O)(=O)c2cc(Cl)ccc2C)c(C(=O)O)[nH]1. The van der Waals surface area contributed by atoms with Crippen molar-refractivity contribution in [3.63, 3.8) is 0 Å². The second-order valence-corrected chi connectivity index (χ2v) is 6.65. The Labute approximate surface area is 126 Å². The Hall–Kier alpha value is -1.99. The van der Waals surface area contributed by atoms with Crippen LogP contribution in [0.15, 0.2) is 29.2 Å². The van der Waals surface area contributed by atoms with E-state index < -0.39 is 16.0 Å². The van der Waals surface area contributed by atoms with Gasteiger partial charge < -0.3 is 10.1 Å². The van der Waals surface area contributed by atoms with Crippen molar-refractivity contribution in [3.8, 4) is 0 Å². The van der Waals surface area contributed by atoms with Gasteiger partial charge in [-0.3, -0.25) is 4.72 Å². The van der Waals surface area contributed by atoms with Gasteiger partial charge in [0.25, 0.3) is 10.0 Å². The highest BCUT2D eigenvalue weighted by atomic mass is 35.5. The molecule has 0 radical (unpaired) electrons. The average molecular weight is 329 g/mol. The fourth-order valence-electron chi connectivity index (χ4n) is 1.90. The summed E-state index contributed by atoms with van der Waals surface area (Å²) in [4.78, 5) is 13.7. The van der Waals surface area contributed by atoms with Crippen molar-refractivity contribution >= 4 is 33.3 Å². The standard InChI is InChI=1S/C13H13ClN2O4S/c1-7-3-4-9(14)6-11(7)21(19,20)16-10-5-8(2)15-12(10)13(17)18/h3-6,15-16H,1-2H3,(H,17,18). The first-order valence-electron chi connectivity index (χ1n) is 5.92. The molecule has 0 saturated heterocycles. The molecule has 1 aromatic carbocycles. The molecule has 2 aromatic rings. The zero-order chi connectivity index (χ0) is 15.8. The summed E-state index contributed by atoms with van der Waals surface area (Å²) < 4.78 is 27.0. The predicted molar refractivity (Wildman–Crippen MR) is 79.5 cm³/mol. The van der Waals surface area contributed by atoms with Crippen molar-refractivity contribution in [2.45, 2.75) is 18.7 Å².